The number of carboxylic acid groups (broad SMARTS) is 1. The Balaban J connectivity index is 2.49. The molecule has 15 heavy (non-hydrogen) atoms. The minimum atomic E-state index is -1.14. The van der Waals surface area contributed by atoms with Gasteiger partial charge in [-0.15, -0.1) is 11.3 Å². The minimum absolute atomic E-state index is 0.233. The molecule has 2 rings (SSSR count). The highest BCUT2D eigenvalue weighted by molar-refractivity contribution is 7.17. The Hall–Kier alpha value is -1.55. The van der Waals surface area contributed by atoms with Crippen LogP contribution in [0, 0.1) is 13.8 Å². The third-order valence-electron chi connectivity index (χ3n) is 2.08. The quantitative estimate of drug-likeness (QED) is 0.779. The molecule has 0 aromatic carbocycles. The maximum Gasteiger partial charge on any atom is 0.144 e. The maximum atomic E-state index is 10.7. The number of aryl methyl sites for hydroxylation is 2. The van der Waals surface area contributed by atoms with Gasteiger partial charge in [-0.25, -0.2) is 0 Å². The van der Waals surface area contributed by atoms with Crippen molar-refractivity contribution < 1.29 is 14.3 Å². The third-order valence-corrected chi connectivity index (χ3v) is 3.31. The van der Waals surface area contributed by atoms with E-state index in [2.05, 4.69) is 0 Å². The monoisotopic (exact) mass is 221 g/mol. The SMILES string of the molecule is Cc1ccc(-c2sc(C(=O)[O-])cc2C)o1. The van der Waals surface area contributed by atoms with Crippen LogP contribution in [0.3, 0.4) is 0 Å². The van der Waals surface area contributed by atoms with E-state index in [1.807, 2.05) is 26.0 Å². The first-order valence-electron chi connectivity index (χ1n) is 4.46. The van der Waals surface area contributed by atoms with Crippen LogP contribution in [0.4, 0.5) is 0 Å². The lowest BCUT2D eigenvalue weighted by molar-refractivity contribution is -0.254. The van der Waals surface area contributed by atoms with Gasteiger partial charge < -0.3 is 14.3 Å². The van der Waals surface area contributed by atoms with Crippen molar-refractivity contribution >= 4 is 17.3 Å². The third kappa shape index (κ3) is 1.80. The number of hydrogen-bond donors (Lipinski definition) is 0. The normalized spacial score (nSPS) is 10.5. The Kier molecular flexibility index (Phi) is 2.36. The fourth-order valence-corrected chi connectivity index (χ4v) is 2.35. The topological polar surface area (TPSA) is 53.3 Å². The molecule has 2 aromatic heterocycles. The second kappa shape index (κ2) is 3.55. The summed E-state index contributed by atoms with van der Waals surface area (Å²) in [6, 6.07) is 5.30. The van der Waals surface area contributed by atoms with Gasteiger partial charge in [0.25, 0.3) is 0 Å². The summed E-state index contributed by atoms with van der Waals surface area (Å²) >= 11 is 1.18. The zero-order valence-electron chi connectivity index (χ0n) is 8.37. The van der Waals surface area contributed by atoms with E-state index in [0.29, 0.717) is 5.76 Å². The van der Waals surface area contributed by atoms with Crippen LogP contribution in [0.25, 0.3) is 10.6 Å². The molecule has 0 aliphatic carbocycles. The summed E-state index contributed by atoms with van der Waals surface area (Å²) in [5.74, 6) is 0.382. The van der Waals surface area contributed by atoms with Gasteiger partial charge >= 0.3 is 0 Å². The minimum Gasteiger partial charge on any atom is -0.544 e. The van der Waals surface area contributed by atoms with E-state index in [9.17, 15) is 9.90 Å². The van der Waals surface area contributed by atoms with Crippen LogP contribution >= 0.6 is 11.3 Å². The molecule has 0 bridgehead atoms. The Bertz CT molecular complexity index is 508. The molecule has 4 heteroatoms. The van der Waals surface area contributed by atoms with Gasteiger partial charge in [0, 0.05) is 0 Å². The van der Waals surface area contributed by atoms with Crippen LogP contribution in [-0.4, -0.2) is 5.97 Å². The van der Waals surface area contributed by atoms with Crippen molar-refractivity contribution in [1.82, 2.24) is 0 Å². The largest absolute Gasteiger partial charge is 0.544 e. The van der Waals surface area contributed by atoms with Crippen LogP contribution in [-0.2, 0) is 0 Å². The summed E-state index contributed by atoms with van der Waals surface area (Å²) in [5, 5.41) is 10.7. The van der Waals surface area contributed by atoms with Crippen molar-refractivity contribution in [1.29, 1.82) is 0 Å². The molecule has 78 valence electrons. The Morgan fingerprint density at radius 2 is 2.13 bits per heavy atom. The van der Waals surface area contributed by atoms with E-state index in [1.54, 1.807) is 6.07 Å². The van der Waals surface area contributed by atoms with Gasteiger partial charge in [-0.3, -0.25) is 0 Å². The molecule has 0 saturated carbocycles. The lowest BCUT2D eigenvalue weighted by Crippen LogP contribution is -2.20. The highest BCUT2D eigenvalue weighted by Gasteiger charge is 2.11. The van der Waals surface area contributed by atoms with Crippen LogP contribution in [0.1, 0.15) is 21.0 Å². The van der Waals surface area contributed by atoms with E-state index in [0.717, 1.165) is 16.2 Å². The van der Waals surface area contributed by atoms with E-state index >= 15 is 0 Å². The van der Waals surface area contributed by atoms with Crippen molar-refractivity contribution in [3.63, 3.8) is 0 Å². The van der Waals surface area contributed by atoms with Crippen LogP contribution in [0.15, 0.2) is 22.6 Å². The molecule has 0 N–H and O–H groups in total. The predicted octanol–water partition coefficient (Wildman–Crippen LogP) is 1.99. The van der Waals surface area contributed by atoms with Crippen LogP contribution < -0.4 is 5.11 Å². The van der Waals surface area contributed by atoms with E-state index in [4.69, 9.17) is 4.42 Å². The number of rotatable bonds is 2. The van der Waals surface area contributed by atoms with Gasteiger partial charge in [0.05, 0.1) is 15.7 Å². The predicted molar refractivity (Wildman–Crippen MR) is 55.8 cm³/mol. The summed E-state index contributed by atoms with van der Waals surface area (Å²) in [6.07, 6.45) is 0. The summed E-state index contributed by atoms with van der Waals surface area (Å²) < 4.78 is 5.44. The molecular formula is C11H9O3S-. The first kappa shape index (κ1) is 9.98. The van der Waals surface area contributed by atoms with Crippen molar-refractivity contribution in [2.45, 2.75) is 13.8 Å². The molecule has 0 atom stereocenters. The molecule has 0 saturated heterocycles. The molecule has 2 heterocycles. The second-order valence-electron chi connectivity index (χ2n) is 3.32. The van der Waals surface area contributed by atoms with Gasteiger partial charge in [0.15, 0.2) is 0 Å². The van der Waals surface area contributed by atoms with E-state index in [1.165, 1.54) is 11.3 Å². The zero-order chi connectivity index (χ0) is 11.0. The molecular weight excluding hydrogens is 212 g/mol. The van der Waals surface area contributed by atoms with E-state index < -0.39 is 5.97 Å². The van der Waals surface area contributed by atoms with Gasteiger partial charge in [-0.1, -0.05) is 0 Å². The average Bonchev–Trinajstić information content (AvgIpc) is 2.71. The molecule has 3 nitrogen and oxygen atoms in total. The Morgan fingerprint density at radius 1 is 1.40 bits per heavy atom. The molecule has 0 radical (unpaired) electrons. The number of carboxylic acids is 1. The van der Waals surface area contributed by atoms with Crippen molar-refractivity contribution in [3.05, 3.63) is 34.4 Å². The van der Waals surface area contributed by atoms with Gasteiger partial charge in [0.2, 0.25) is 0 Å². The number of thiophene rings is 1. The Labute approximate surface area is 91.0 Å². The highest BCUT2D eigenvalue weighted by atomic mass is 32.1. The first-order chi connectivity index (χ1) is 7.08. The second-order valence-corrected chi connectivity index (χ2v) is 4.37. The summed E-state index contributed by atoms with van der Waals surface area (Å²) in [4.78, 5) is 11.8. The fourth-order valence-electron chi connectivity index (χ4n) is 1.38. The van der Waals surface area contributed by atoms with Gasteiger partial charge in [-0.2, -0.15) is 0 Å². The molecule has 0 unspecified atom stereocenters. The number of carbonyl (C=O) groups excluding carboxylic acids is 1. The van der Waals surface area contributed by atoms with Gasteiger partial charge in [0.1, 0.15) is 11.5 Å². The summed E-state index contributed by atoms with van der Waals surface area (Å²) in [6.45, 7) is 3.71. The number of hydrogen-bond acceptors (Lipinski definition) is 4. The molecule has 0 spiro atoms. The fraction of sp³-hybridized carbons (Fsp3) is 0.182. The smallest absolute Gasteiger partial charge is 0.144 e. The molecule has 2 aromatic rings. The van der Waals surface area contributed by atoms with Crippen LogP contribution in [0.5, 0.6) is 0 Å². The number of furan rings is 1. The van der Waals surface area contributed by atoms with Crippen molar-refractivity contribution in [2.75, 3.05) is 0 Å². The Morgan fingerprint density at radius 3 is 2.60 bits per heavy atom. The maximum absolute atomic E-state index is 10.7. The molecule has 0 aliphatic rings. The standard InChI is InChI=1S/C11H10O3S/c1-6-5-9(11(12)13)15-10(6)8-4-3-7(2)14-8/h3-5H,1-2H3,(H,12,13)/p-1. The average molecular weight is 221 g/mol. The first-order valence-corrected chi connectivity index (χ1v) is 5.28. The van der Waals surface area contributed by atoms with Crippen LogP contribution in [0.2, 0.25) is 0 Å². The lowest BCUT2D eigenvalue weighted by Gasteiger charge is -1.94. The zero-order valence-corrected chi connectivity index (χ0v) is 9.18. The lowest BCUT2D eigenvalue weighted by atomic mass is 10.2. The van der Waals surface area contributed by atoms with Crippen molar-refractivity contribution in [2.24, 2.45) is 0 Å². The summed E-state index contributed by atoms with van der Waals surface area (Å²) in [7, 11) is 0. The number of aromatic carboxylic acids is 1. The summed E-state index contributed by atoms with van der Waals surface area (Å²) in [5.41, 5.74) is 0.897. The molecule has 0 amide bonds. The molecule has 0 aliphatic heterocycles. The van der Waals surface area contributed by atoms with E-state index in [-0.39, 0.29) is 4.88 Å². The van der Waals surface area contributed by atoms with Crippen molar-refractivity contribution in [3.8, 4) is 10.6 Å². The number of carbonyl (C=O) groups is 1. The van der Waals surface area contributed by atoms with Gasteiger partial charge in [-0.05, 0) is 37.6 Å². The molecule has 0 fully saturated rings. The highest BCUT2D eigenvalue weighted by Crippen LogP contribution is 2.33.